The summed E-state index contributed by atoms with van der Waals surface area (Å²) >= 11 is 0. The lowest BCUT2D eigenvalue weighted by atomic mass is 9.86. The zero-order valence-corrected chi connectivity index (χ0v) is 9.80. The Kier molecular flexibility index (Phi) is 2.25. The maximum atomic E-state index is 4.23. The summed E-state index contributed by atoms with van der Waals surface area (Å²) in [6.07, 6.45) is 1.27. The van der Waals surface area contributed by atoms with Crippen molar-refractivity contribution in [2.75, 3.05) is 6.54 Å². The molecule has 0 saturated carbocycles. The van der Waals surface area contributed by atoms with Gasteiger partial charge in [0.1, 0.15) is 7.85 Å². The summed E-state index contributed by atoms with van der Waals surface area (Å²) in [5, 5.41) is 0. The van der Waals surface area contributed by atoms with E-state index >= 15 is 0 Å². The molecule has 1 nitrogen and oxygen atoms in total. The topological polar surface area (TPSA) is 3.24 Å². The quantitative estimate of drug-likeness (QED) is 0.525. The van der Waals surface area contributed by atoms with Crippen molar-refractivity contribution >= 4 is 7.85 Å². The number of rotatable bonds is 0. The maximum absolute atomic E-state index is 4.23. The summed E-state index contributed by atoms with van der Waals surface area (Å²) < 4.78 is 0. The van der Waals surface area contributed by atoms with Crippen LogP contribution in [0.5, 0.6) is 0 Å². The minimum Gasteiger partial charge on any atom is -0.367 e. The first-order chi connectivity index (χ1) is 6.52. The van der Waals surface area contributed by atoms with Gasteiger partial charge in [-0.3, -0.25) is 0 Å². The van der Waals surface area contributed by atoms with Crippen LogP contribution in [-0.2, 0) is 0 Å². The van der Waals surface area contributed by atoms with Gasteiger partial charge in [0.25, 0.3) is 0 Å². The van der Waals surface area contributed by atoms with Gasteiger partial charge in [-0.25, -0.2) is 0 Å². The van der Waals surface area contributed by atoms with Gasteiger partial charge in [0, 0.05) is 18.3 Å². The minimum absolute atomic E-state index is 0.679. The third-order valence-electron chi connectivity index (χ3n) is 4.21. The number of allylic oxidation sites excluding steroid dienone is 2. The predicted molar refractivity (Wildman–Crippen MR) is 63.8 cm³/mol. The molecule has 2 aliphatic rings. The SMILES string of the molecule is B/C(C)=C1\CC2C(C)C(C)C(=C)N2C1. The number of nitrogens with zero attached hydrogens (tertiary/aromatic N) is 1. The Balaban J connectivity index is 2.25. The molecule has 2 heterocycles. The molecular weight excluding hydrogens is 169 g/mol. The second kappa shape index (κ2) is 3.18. The van der Waals surface area contributed by atoms with E-state index in [-0.39, 0.29) is 0 Å². The summed E-state index contributed by atoms with van der Waals surface area (Å²) in [7, 11) is 2.23. The molecule has 2 saturated heterocycles. The molecule has 0 aliphatic carbocycles. The molecule has 14 heavy (non-hydrogen) atoms. The molecule has 2 aliphatic heterocycles. The molecule has 3 atom stereocenters. The van der Waals surface area contributed by atoms with Crippen molar-refractivity contribution < 1.29 is 0 Å². The van der Waals surface area contributed by atoms with Crippen LogP contribution < -0.4 is 0 Å². The first-order valence-corrected chi connectivity index (χ1v) is 5.63. The fourth-order valence-electron chi connectivity index (χ4n) is 2.79. The number of hydrogen-bond acceptors (Lipinski definition) is 1. The van der Waals surface area contributed by atoms with Crippen LogP contribution in [0.4, 0.5) is 0 Å². The molecule has 2 fully saturated rings. The van der Waals surface area contributed by atoms with Crippen LogP contribution in [0.2, 0.25) is 0 Å². The van der Waals surface area contributed by atoms with Gasteiger partial charge in [0.05, 0.1) is 0 Å². The van der Waals surface area contributed by atoms with Crippen LogP contribution in [0.25, 0.3) is 0 Å². The van der Waals surface area contributed by atoms with E-state index in [2.05, 4.69) is 40.1 Å². The average molecular weight is 189 g/mol. The Hall–Kier alpha value is -0.655. The van der Waals surface area contributed by atoms with E-state index in [0.717, 1.165) is 18.5 Å². The highest BCUT2D eigenvalue weighted by molar-refractivity contribution is 6.21. The van der Waals surface area contributed by atoms with Crippen molar-refractivity contribution in [3.63, 3.8) is 0 Å². The molecule has 0 aromatic carbocycles. The van der Waals surface area contributed by atoms with Crippen molar-refractivity contribution in [1.82, 2.24) is 4.90 Å². The first-order valence-electron chi connectivity index (χ1n) is 5.63. The molecule has 0 aromatic rings. The monoisotopic (exact) mass is 189 g/mol. The third kappa shape index (κ3) is 1.24. The van der Waals surface area contributed by atoms with Gasteiger partial charge in [0.15, 0.2) is 0 Å². The van der Waals surface area contributed by atoms with Gasteiger partial charge in [-0.2, -0.15) is 0 Å². The largest absolute Gasteiger partial charge is 0.367 e. The summed E-state index contributed by atoms with van der Waals surface area (Å²) in [5.41, 5.74) is 4.50. The zero-order valence-electron chi connectivity index (χ0n) is 9.80. The van der Waals surface area contributed by atoms with Crippen molar-refractivity contribution in [1.29, 1.82) is 0 Å². The molecule has 76 valence electrons. The minimum atomic E-state index is 0.679. The second-order valence-electron chi connectivity index (χ2n) is 5.14. The molecule has 0 amide bonds. The van der Waals surface area contributed by atoms with Crippen molar-refractivity contribution in [2.45, 2.75) is 33.2 Å². The molecule has 2 rings (SSSR count). The van der Waals surface area contributed by atoms with Crippen LogP contribution in [-0.4, -0.2) is 25.3 Å². The Morgan fingerprint density at radius 2 is 2.14 bits per heavy atom. The Bertz CT molecular complexity index is 301. The lowest BCUT2D eigenvalue weighted by Gasteiger charge is -2.19. The molecule has 0 aromatic heterocycles. The van der Waals surface area contributed by atoms with Crippen molar-refractivity contribution in [3.05, 3.63) is 23.3 Å². The van der Waals surface area contributed by atoms with Crippen molar-refractivity contribution in [2.24, 2.45) is 11.8 Å². The molecular formula is C12H20BN. The van der Waals surface area contributed by atoms with Gasteiger partial charge in [-0.05, 0) is 18.3 Å². The van der Waals surface area contributed by atoms with Gasteiger partial charge in [-0.1, -0.05) is 32.9 Å². The van der Waals surface area contributed by atoms with Crippen molar-refractivity contribution in [3.8, 4) is 0 Å². The molecule has 0 radical (unpaired) electrons. The molecule has 0 N–H and O–H groups in total. The lowest BCUT2D eigenvalue weighted by molar-refractivity contribution is 0.323. The Labute approximate surface area is 88.3 Å². The van der Waals surface area contributed by atoms with Gasteiger partial charge < -0.3 is 4.90 Å². The summed E-state index contributed by atoms with van der Waals surface area (Å²) in [4.78, 5) is 2.53. The summed E-state index contributed by atoms with van der Waals surface area (Å²) in [6.45, 7) is 12.3. The first kappa shape index (κ1) is 9.88. The van der Waals surface area contributed by atoms with Crippen LogP contribution in [0.3, 0.4) is 0 Å². The van der Waals surface area contributed by atoms with E-state index in [1.165, 1.54) is 17.6 Å². The predicted octanol–water partition coefficient (Wildman–Crippen LogP) is 1.77. The molecule has 0 spiro atoms. The van der Waals surface area contributed by atoms with Crippen LogP contribution in [0.1, 0.15) is 27.2 Å². The van der Waals surface area contributed by atoms with E-state index in [4.69, 9.17) is 0 Å². The fraction of sp³-hybridized carbons (Fsp3) is 0.667. The molecule has 3 unspecified atom stereocenters. The normalized spacial score (nSPS) is 40.4. The number of fused-ring (bicyclic) bond motifs is 1. The zero-order chi connectivity index (χ0) is 10.5. The highest BCUT2D eigenvalue weighted by Crippen LogP contribution is 2.44. The van der Waals surface area contributed by atoms with E-state index < -0.39 is 0 Å². The average Bonchev–Trinajstić information content (AvgIpc) is 2.64. The van der Waals surface area contributed by atoms with Gasteiger partial charge >= 0.3 is 0 Å². The van der Waals surface area contributed by atoms with Crippen LogP contribution in [0, 0.1) is 11.8 Å². The Morgan fingerprint density at radius 1 is 1.50 bits per heavy atom. The highest BCUT2D eigenvalue weighted by Gasteiger charge is 2.43. The fourth-order valence-corrected chi connectivity index (χ4v) is 2.79. The van der Waals surface area contributed by atoms with E-state index in [1.807, 2.05) is 0 Å². The van der Waals surface area contributed by atoms with E-state index in [0.29, 0.717) is 5.92 Å². The standard InChI is InChI=1S/C12H20BN/c1-7-8(2)12-5-11(9(3)13)6-14(12)10(7)4/h7-8,12H,4-6,13H2,1-3H3/b11-9+. The highest BCUT2D eigenvalue weighted by atomic mass is 15.2. The number of hydrogen-bond donors (Lipinski definition) is 0. The smallest absolute Gasteiger partial charge is 0.133 e. The van der Waals surface area contributed by atoms with E-state index in [1.54, 1.807) is 5.57 Å². The lowest BCUT2D eigenvalue weighted by Crippen LogP contribution is -2.23. The van der Waals surface area contributed by atoms with Gasteiger partial charge in [-0.15, -0.1) is 5.47 Å². The molecule has 0 bridgehead atoms. The third-order valence-corrected chi connectivity index (χ3v) is 4.21. The van der Waals surface area contributed by atoms with Gasteiger partial charge in [0.2, 0.25) is 0 Å². The van der Waals surface area contributed by atoms with Crippen LogP contribution >= 0.6 is 0 Å². The maximum Gasteiger partial charge on any atom is 0.133 e. The summed E-state index contributed by atoms with van der Waals surface area (Å²) in [5.74, 6) is 1.46. The van der Waals surface area contributed by atoms with E-state index in [9.17, 15) is 0 Å². The Morgan fingerprint density at radius 3 is 2.64 bits per heavy atom. The van der Waals surface area contributed by atoms with Crippen LogP contribution in [0.15, 0.2) is 23.3 Å². The second-order valence-corrected chi connectivity index (χ2v) is 5.14. The molecule has 2 heteroatoms. The summed E-state index contributed by atoms with van der Waals surface area (Å²) in [6, 6.07) is 0.738.